The molecule has 0 aliphatic heterocycles. The second-order valence-electron chi connectivity index (χ2n) is 5.88. The number of rotatable bonds is 7. The predicted molar refractivity (Wildman–Crippen MR) is 117 cm³/mol. The van der Waals surface area contributed by atoms with E-state index in [0.717, 1.165) is 0 Å². The van der Waals surface area contributed by atoms with Crippen molar-refractivity contribution in [3.05, 3.63) is 82.3 Å². The quantitative estimate of drug-likeness (QED) is 0.141. The van der Waals surface area contributed by atoms with Crippen LogP contribution < -0.4 is 20.2 Å². The van der Waals surface area contributed by atoms with Crippen molar-refractivity contribution in [1.82, 2.24) is 5.43 Å². The molecule has 0 radical (unpaired) electrons. The number of anilines is 1. The third kappa shape index (κ3) is 5.64. The number of furan rings is 1. The lowest BCUT2D eigenvalue weighted by molar-refractivity contribution is -0.383. The fourth-order valence-corrected chi connectivity index (χ4v) is 2.61. The number of hydrogen-bond donors (Lipinski definition) is 2. The van der Waals surface area contributed by atoms with Crippen LogP contribution in [0.4, 0.5) is 11.4 Å². The van der Waals surface area contributed by atoms with Crippen molar-refractivity contribution in [2.24, 2.45) is 5.10 Å². The first-order chi connectivity index (χ1) is 15.0. The largest absolute Gasteiger partial charge is 0.493 e. The molecule has 2 N–H and O–H groups in total. The van der Waals surface area contributed by atoms with Gasteiger partial charge in [-0.05, 0) is 54.2 Å². The molecular formula is C20H16N4O6S. The highest BCUT2D eigenvalue weighted by molar-refractivity contribution is 7.80. The number of para-hydroxylation sites is 2. The van der Waals surface area contributed by atoms with Gasteiger partial charge in [-0.3, -0.25) is 15.5 Å². The molecule has 1 heterocycles. The van der Waals surface area contributed by atoms with Crippen molar-refractivity contribution in [1.29, 1.82) is 0 Å². The molecule has 11 heteroatoms. The van der Waals surface area contributed by atoms with Gasteiger partial charge in [-0.1, -0.05) is 12.1 Å². The van der Waals surface area contributed by atoms with Gasteiger partial charge in [-0.15, -0.1) is 0 Å². The van der Waals surface area contributed by atoms with Crippen LogP contribution in [0, 0.1) is 10.1 Å². The standard InChI is InChI=1S/C20H16N4O6S/c1-28-18-11-13(8-9-16(18)30-19(25)17-7-4-10-29-17)12-21-23-20(31)22-14-5-2-3-6-15(14)24(26)27/h2-12H,1H3,(H2,22,23,31). The van der Waals surface area contributed by atoms with Crippen LogP contribution in [-0.2, 0) is 0 Å². The SMILES string of the molecule is COc1cc(C=NNC(=S)Nc2ccccc2[N+](=O)[O-])ccc1OC(=O)c1ccco1. The predicted octanol–water partition coefficient (Wildman–Crippen LogP) is 3.74. The number of hydrogen-bond acceptors (Lipinski definition) is 8. The Hall–Kier alpha value is -4.25. The molecule has 0 aliphatic carbocycles. The van der Waals surface area contributed by atoms with E-state index < -0.39 is 10.9 Å². The lowest BCUT2D eigenvalue weighted by Crippen LogP contribution is -2.24. The number of nitrogens with one attached hydrogen (secondary N) is 2. The van der Waals surface area contributed by atoms with E-state index in [0.29, 0.717) is 11.3 Å². The number of thiocarbonyl (C=S) groups is 1. The van der Waals surface area contributed by atoms with Crippen LogP contribution in [0.25, 0.3) is 0 Å². The fraction of sp³-hybridized carbons (Fsp3) is 0.0500. The summed E-state index contributed by atoms with van der Waals surface area (Å²) in [7, 11) is 1.44. The summed E-state index contributed by atoms with van der Waals surface area (Å²) >= 11 is 5.10. The molecule has 1 aromatic heterocycles. The maximum Gasteiger partial charge on any atom is 0.379 e. The van der Waals surface area contributed by atoms with Gasteiger partial charge in [0.25, 0.3) is 5.69 Å². The smallest absolute Gasteiger partial charge is 0.379 e. The lowest BCUT2D eigenvalue weighted by Gasteiger charge is -2.09. The van der Waals surface area contributed by atoms with Crippen LogP contribution in [0.1, 0.15) is 16.1 Å². The Morgan fingerprint density at radius 2 is 2.00 bits per heavy atom. The second kappa shape index (κ2) is 9.98. The minimum Gasteiger partial charge on any atom is -0.493 e. The van der Waals surface area contributed by atoms with Gasteiger partial charge in [0.1, 0.15) is 5.69 Å². The third-order valence-corrected chi connectivity index (χ3v) is 4.03. The van der Waals surface area contributed by atoms with Crippen LogP contribution in [-0.4, -0.2) is 29.3 Å². The van der Waals surface area contributed by atoms with E-state index in [1.54, 1.807) is 36.4 Å². The molecule has 0 amide bonds. The van der Waals surface area contributed by atoms with Gasteiger partial charge in [0, 0.05) is 6.07 Å². The summed E-state index contributed by atoms with van der Waals surface area (Å²) in [5.74, 6) is -0.0681. The van der Waals surface area contributed by atoms with Gasteiger partial charge < -0.3 is 19.2 Å². The van der Waals surface area contributed by atoms with E-state index in [1.807, 2.05) is 0 Å². The van der Waals surface area contributed by atoms with Gasteiger partial charge in [-0.2, -0.15) is 5.10 Å². The first kappa shape index (κ1) is 21.5. The summed E-state index contributed by atoms with van der Waals surface area (Å²) in [5.41, 5.74) is 3.33. The number of nitrogens with zero attached hydrogens (tertiary/aromatic N) is 2. The van der Waals surface area contributed by atoms with Crippen molar-refractivity contribution in [3.8, 4) is 11.5 Å². The van der Waals surface area contributed by atoms with E-state index in [4.69, 9.17) is 26.1 Å². The van der Waals surface area contributed by atoms with E-state index in [9.17, 15) is 14.9 Å². The molecule has 3 aromatic rings. The molecule has 0 aliphatic rings. The number of nitro groups is 1. The highest BCUT2D eigenvalue weighted by atomic mass is 32.1. The number of methoxy groups -OCH3 is 1. The minimum atomic E-state index is -0.655. The normalized spacial score (nSPS) is 10.5. The number of nitro benzene ring substituents is 1. The molecule has 3 rings (SSSR count). The molecule has 31 heavy (non-hydrogen) atoms. The van der Waals surface area contributed by atoms with Crippen molar-refractivity contribution < 1.29 is 23.6 Å². The molecular weight excluding hydrogens is 424 g/mol. The Labute approximate surface area is 181 Å². The number of esters is 1. The van der Waals surface area contributed by atoms with Crippen LogP contribution in [0.15, 0.2) is 70.4 Å². The molecule has 2 aromatic carbocycles. The molecule has 0 fully saturated rings. The van der Waals surface area contributed by atoms with Gasteiger partial charge in [0.2, 0.25) is 5.76 Å². The Bertz CT molecular complexity index is 1130. The van der Waals surface area contributed by atoms with Crippen molar-refractivity contribution in [3.63, 3.8) is 0 Å². The van der Waals surface area contributed by atoms with Gasteiger partial charge >= 0.3 is 5.97 Å². The lowest BCUT2D eigenvalue weighted by atomic mass is 10.2. The van der Waals surface area contributed by atoms with E-state index >= 15 is 0 Å². The Balaban J connectivity index is 1.62. The second-order valence-corrected chi connectivity index (χ2v) is 6.28. The number of benzene rings is 2. The van der Waals surface area contributed by atoms with Gasteiger partial charge in [0.05, 0.1) is 24.5 Å². The first-order valence-electron chi connectivity index (χ1n) is 8.75. The first-order valence-corrected chi connectivity index (χ1v) is 9.16. The maximum atomic E-state index is 12.0. The topological polar surface area (TPSA) is 128 Å². The van der Waals surface area contributed by atoms with E-state index in [-0.39, 0.29) is 28.0 Å². The fourth-order valence-electron chi connectivity index (χ4n) is 2.45. The summed E-state index contributed by atoms with van der Waals surface area (Å²) in [6.07, 6.45) is 2.82. The van der Waals surface area contributed by atoms with Gasteiger partial charge in [-0.25, -0.2) is 4.79 Å². The van der Waals surface area contributed by atoms with Crippen molar-refractivity contribution in [2.75, 3.05) is 12.4 Å². The summed E-state index contributed by atoms with van der Waals surface area (Å²) < 4.78 is 15.5. The van der Waals surface area contributed by atoms with E-state index in [1.165, 1.54) is 37.8 Å². The Morgan fingerprint density at radius 3 is 2.71 bits per heavy atom. The van der Waals surface area contributed by atoms with Crippen molar-refractivity contribution in [2.45, 2.75) is 0 Å². The zero-order valence-corrected chi connectivity index (χ0v) is 16.9. The van der Waals surface area contributed by atoms with Crippen LogP contribution in [0.2, 0.25) is 0 Å². The highest BCUT2D eigenvalue weighted by Gasteiger charge is 2.15. The summed E-state index contributed by atoms with van der Waals surface area (Å²) in [6, 6.07) is 14.0. The van der Waals surface area contributed by atoms with Crippen molar-refractivity contribution >= 4 is 40.9 Å². The molecule has 0 bridgehead atoms. The summed E-state index contributed by atoms with van der Waals surface area (Å²) in [4.78, 5) is 22.6. The zero-order valence-electron chi connectivity index (χ0n) is 16.1. The molecule has 0 saturated carbocycles. The number of carbonyl (C=O) groups excluding carboxylic acids is 1. The Morgan fingerprint density at radius 1 is 1.19 bits per heavy atom. The van der Waals surface area contributed by atoms with Crippen LogP contribution in [0.3, 0.4) is 0 Å². The van der Waals surface area contributed by atoms with Crippen LogP contribution >= 0.6 is 12.2 Å². The minimum absolute atomic E-state index is 0.0663. The monoisotopic (exact) mass is 440 g/mol. The molecule has 0 saturated heterocycles. The summed E-state index contributed by atoms with van der Waals surface area (Å²) in [5, 5.41) is 17.8. The third-order valence-electron chi connectivity index (χ3n) is 3.84. The average molecular weight is 440 g/mol. The van der Waals surface area contributed by atoms with E-state index in [2.05, 4.69) is 15.8 Å². The number of hydrazone groups is 1. The van der Waals surface area contributed by atoms with Gasteiger partial charge in [0.15, 0.2) is 16.6 Å². The maximum absolute atomic E-state index is 12.0. The molecule has 158 valence electrons. The number of carbonyl (C=O) groups is 1. The Kier molecular flexibility index (Phi) is 6.91. The molecule has 10 nitrogen and oxygen atoms in total. The molecule has 0 atom stereocenters. The zero-order chi connectivity index (χ0) is 22.2. The molecule has 0 unspecified atom stereocenters. The molecule has 0 spiro atoms. The average Bonchev–Trinajstić information content (AvgIpc) is 3.30. The highest BCUT2D eigenvalue weighted by Crippen LogP contribution is 2.28. The van der Waals surface area contributed by atoms with Crippen LogP contribution in [0.5, 0.6) is 11.5 Å². The number of ether oxygens (including phenoxy) is 2. The summed E-state index contributed by atoms with van der Waals surface area (Å²) in [6.45, 7) is 0.